The Morgan fingerprint density at radius 2 is 1.67 bits per heavy atom. The molecule has 2 heterocycles. The molecule has 192 valence electrons. The maximum Gasteiger partial charge on any atom is 0.253 e. The van der Waals surface area contributed by atoms with Crippen molar-refractivity contribution in [1.82, 2.24) is 14.7 Å². The Hall–Kier alpha value is -3.59. The average molecular weight is 495 g/mol. The van der Waals surface area contributed by atoms with Crippen molar-refractivity contribution in [3.63, 3.8) is 0 Å². The summed E-state index contributed by atoms with van der Waals surface area (Å²) in [7, 11) is 5.23. The molecule has 0 saturated carbocycles. The van der Waals surface area contributed by atoms with E-state index >= 15 is 0 Å². The Kier molecular flexibility index (Phi) is 8.10. The third kappa shape index (κ3) is 5.96. The quantitative estimate of drug-likeness (QED) is 0.605. The number of carbonyl (C=O) groups excluding carboxylic acids is 3. The van der Waals surface area contributed by atoms with E-state index in [0.29, 0.717) is 55.3 Å². The van der Waals surface area contributed by atoms with E-state index in [9.17, 15) is 14.4 Å². The minimum absolute atomic E-state index is 0.00693. The summed E-state index contributed by atoms with van der Waals surface area (Å²) < 4.78 is 10.6. The topological polar surface area (TPSA) is 91.4 Å². The van der Waals surface area contributed by atoms with Gasteiger partial charge in [-0.3, -0.25) is 14.4 Å². The lowest BCUT2D eigenvalue weighted by Crippen LogP contribution is -2.47. The molecule has 36 heavy (non-hydrogen) atoms. The molecule has 2 fully saturated rings. The van der Waals surface area contributed by atoms with Gasteiger partial charge in [0.2, 0.25) is 11.8 Å². The van der Waals surface area contributed by atoms with Gasteiger partial charge < -0.3 is 29.5 Å². The van der Waals surface area contributed by atoms with Crippen LogP contribution in [0.4, 0.5) is 5.69 Å². The normalized spacial score (nSPS) is 18.3. The molecule has 0 spiro atoms. The van der Waals surface area contributed by atoms with E-state index in [1.54, 1.807) is 43.4 Å². The van der Waals surface area contributed by atoms with Gasteiger partial charge in [-0.25, -0.2) is 0 Å². The van der Waals surface area contributed by atoms with E-state index in [4.69, 9.17) is 9.47 Å². The third-order valence-corrected chi connectivity index (χ3v) is 6.89. The summed E-state index contributed by atoms with van der Waals surface area (Å²) in [6.45, 7) is 4.08. The highest BCUT2D eigenvalue weighted by Gasteiger charge is 2.34. The summed E-state index contributed by atoms with van der Waals surface area (Å²) in [5.74, 6) is 0.698. The summed E-state index contributed by atoms with van der Waals surface area (Å²) in [5, 5.41) is 2.90. The number of amides is 3. The van der Waals surface area contributed by atoms with Crippen molar-refractivity contribution >= 4 is 23.4 Å². The van der Waals surface area contributed by atoms with Crippen LogP contribution in [0.3, 0.4) is 0 Å². The number of methoxy groups -OCH3 is 2. The number of anilines is 1. The first kappa shape index (κ1) is 25.5. The summed E-state index contributed by atoms with van der Waals surface area (Å²) in [6, 6.07) is 12.7. The van der Waals surface area contributed by atoms with E-state index in [1.807, 2.05) is 23.1 Å². The van der Waals surface area contributed by atoms with Gasteiger partial charge in [0, 0.05) is 56.9 Å². The zero-order valence-electron chi connectivity index (χ0n) is 21.2. The standard InChI is InChI=1S/C27H34N4O5/c1-29-12-14-30(15-13-29)27(34)20-5-7-22(8-6-20)28-26(33)21-17-25(32)31(18-21)11-10-19-4-9-23(35-2)24(16-19)36-3/h4-9,16,21H,10-15,17-18H2,1-3H3,(H,28,33). The summed E-state index contributed by atoms with van der Waals surface area (Å²) in [6.07, 6.45) is 0.848. The first-order valence-corrected chi connectivity index (χ1v) is 12.3. The number of likely N-dealkylation sites (tertiary alicyclic amines) is 1. The van der Waals surface area contributed by atoms with Crippen LogP contribution in [0.25, 0.3) is 0 Å². The number of likely N-dealkylation sites (N-methyl/N-ethyl adjacent to an activating group) is 1. The zero-order chi connectivity index (χ0) is 25.7. The largest absolute Gasteiger partial charge is 0.493 e. The molecule has 2 saturated heterocycles. The minimum atomic E-state index is -0.408. The molecule has 2 aromatic rings. The molecule has 1 N–H and O–H groups in total. The maximum absolute atomic E-state index is 12.8. The van der Waals surface area contributed by atoms with E-state index in [1.165, 1.54) is 0 Å². The molecule has 0 bridgehead atoms. The van der Waals surface area contributed by atoms with Crippen LogP contribution >= 0.6 is 0 Å². The van der Waals surface area contributed by atoms with Gasteiger partial charge >= 0.3 is 0 Å². The molecule has 0 aromatic heterocycles. The molecule has 0 radical (unpaired) electrons. The fourth-order valence-electron chi connectivity index (χ4n) is 4.60. The number of nitrogens with one attached hydrogen (secondary N) is 1. The Balaban J connectivity index is 1.28. The molecule has 3 amide bonds. The average Bonchev–Trinajstić information content (AvgIpc) is 3.28. The fraction of sp³-hybridized carbons (Fsp3) is 0.444. The number of ether oxygens (including phenoxy) is 2. The number of hydrogen-bond donors (Lipinski definition) is 1. The number of carbonyl (C=O) groups is 3. The van der Waals surface area contributed by atoms with Crippen molar-refractivity contribution in [1.29, 1.82) is 0 Å². The second-order valence-corrected chi connectivity index (χ2v) is 9.34. The molecule has 4 rings (SSSR count). The van der Waals surface area contributed by atoms with Gasteiger partial charge in [-0.2, -0.15) is 0 Å². The van der Waals surface area contributed by atoms with Gasteiger partial charge in [0.1, 0.15) is 0 Å². The number of piperazine rings is 1. The van der Waals surface area contributed by atoms with E-state index in [2.05, 4.69) is 17.3 Å². The van der Waals surface area contributed by atoms with Gasteiger partial charge in [-0.15, -0.1) is 0 Å². The van der Waals surface area contributed by atoms with Crippen LogP contribution in [0.15, 0.2) is 42.5 Å². The molecule has 0 aliphatic carbocycles. The van der Waals surface area contributed by atoms with Crippen LogP contribution < -0.4 is 14.8 Å². The van der Waals surface area contributed by atoms with Gasteiger partial charge in [-0.1, -0.05) is 6.07 Å². The second kappa shape index (κ2) is 11.4. The minimum Gasteiger partial charge on any atom is -0.493 e. The van der Waals surface area contributed by atoms with Crippen LogP contribution in [-0.2, 0) is 16.0 Å². The number of hydrogen-bond acceptors (Lipinski definition) is 6. The third-order valence-electron chi connectivity index (χ3n) is 6.89. The SMILES string of the molecule is COc1ccc(CCN2CC(C(=O)Nc3ccc(C(=O)N4CCN(C)CC4)cc3)CC2=O)cc1OC. The van der Waals surface area contributed by atoms with Crippen molar-refractivity contribution in [2.24, 2.45) is 5.92 Å². The molecule has 2 aliphatic rings. The van der Waals surface area contributed by atoms with Crippen molar-refractivity contribution < 1.29 is 23.9 Å². The van der Waals surface area contributed by atoms with Crippen LogP contribution in [0, 0.1) is 5.92 Å². The first-order valence-electron chi connectivity index (χ1n) is 12.3. The predicted octanol–water partition coefficient (Wildman–Crippen LogP) is 2.12. The van der Waals surface area contributed by atoms with Crippen molar-refractivity contribution in [3.05, 3.63) is 53.6 Å². The van der Waals surface area contributed by atoms with Crippen molar-refractivity contribution in [3.8, 4) is 11.5 Å². The molecule has 2 aromatic carbocycles. The smallest absolute Gasteiger partial charge is 0.253 e. The lowest BCUT2D eigenvalue weighted by molar-refractivity contribution is -0.128. The fourth-order valence-corrected chi connectivity index (χ4v) is 4.60. The Bertz CT molecular complexity index is 1100. The number of nitrogens with zero attached hydrogens (tertiary/aromatic N) is 3. The molecular weight excluding hydrogens is 460 g/mol. The van der Waals surface area contributed by atoms with Crippen LogP contribution in [0.2, 0.25) is 0 Å². The summed E-state index contributed by atoms with van der Waals surface area (Å²) in [5.41, 5.74) is 2.25. The van der Waals surface area contributed by atoms with Crippen molar-refractivity contribution in [2.75, 3.05) is 65.9 Å². The number of rotatable bonds is 8. The number of benzene rings is 2. The maximum atomic E-state index is 12.8. The molecule has 1 unspecified atom stereocenters. The van der Waals surface area contributed by atoms with Crippen LogP contribution in [0.1, 0.15) is 22.3 Å². The lowest BCUT2D eigenvalue weighted by atomic mass is 10.1. The van der Waals surface area contributed by atoms with Gasteiger partial charge in [0.15, 0.2) is 11.5 Å². The monoisotopic (exact) mass is 494 g/mol. The lowest BCUT2D eigenvalue weighted by Gasteiger charge is -2.32. The van der Waals surface area contributed by atoms with Gasteiger partial charge in [-0.05, 0) is 55.4 Å². The highest BCUT2D eigenvalue weighted by atomic mass is 16.5. The zero-order valence-corrected chi connectivity index (χ0v) is 21.2. The Labute approximate surface area is 211 Å². The molecule has 1 atom stereocenters. The van der Waals surface area contributed by atoms with E-state index in [-0.39, 0.29) is 24.1 Å². The molecular formula is C27H34N4O5. The summed E-state index contributed by atoms with van der Waals surface area (Å²) in [4.78, 5) is 43.9. The van der Waals surface area contributed by atoms with Crippen LogP contribution in [0.5, 0.6) is 11.5 Å². The Morgan fingerprint density at radius 1 is 0.972 bits per heavy atom. The van der Waals surface area contributed by atoms with E-state index in [0.717, 1.165) is 18.7 Å². The molecule has 9 nitrogen and oxygen atoms in total. The second-order valence-electron chi connectivity index (χ2n) is 9.34. The predicted molar refractivity (Wildman–Crippen MR) is 136 cm³/mol. The first-order chi connectivity index (χ1) is 17.4. The Morgan fingerprint density at radius 3 is 2.33 bits per heavy atom. The van der Waals surface area contributed by atoms with Gasteiger partial charge in [0.25, 0.3) is 5.91 Å². The van der Waals surface area contributed by atoms with Crippen LogP contribution in [-0.4, -0.2) is 93.0 Å². The van der Waals surface area contributed by atoms with E-state index < -0.39 is 5.92 Å². The molecule has 2 aliphatic heterocycles. The highest BCUT2D eigenvalue weighted by Crippen LogP contribution is 2.28. The van der Waals surface area contributed by atoms with Crippen molar-refractivity contribution in [2.45, 2.75) is 12.8 Å². The summed E-state index contributed by atoms with van der Waals surface area (Å²) >= 11 is 0. The molecule has 9 heteroatoms. The highest BCUT2D eigenvalue weighted by molar-refractivity contribution is 5.98. The van der Waals surface area contributed by atoms with Gasteiger partial charge in [0.05, 0.1) is 20.1 Å².